The molecule has 2 N–H and O–H groups in total. The molecule has 0 radical (unpaired) electrons. The number of anilines is 1. The van der Waals surface area contributed by atoms with Gasteiger partial charge in [0.1, 0.15) is 24.0 Å². The van der Waals surface area contributed by atoms with Crippen LogP contribution in [0.15, 0.2) is 88.8 Å². The Kier molecular flexibility index (Phi) is 6.78. The predicted octanol–water partition coefficient (Wildman–Crippen LogP) is 4.99. The lowest BCUT2D eigenvalue weighted by Crippen LogP contribution is -2.16. The summed E-state index contributed by atoms with van der Waals surface area (Å²) in [6.45, 7) is 0.371. The molecule has 0 bridgehead atoms. The lowest BCUT2D eigenvalue weighted by Gasteiger charge is -2.08. The molecule has 0 aliphatic rings. The van der Waals surface area contributed by atoms with E-state index in [0.29, 0.717) is 28.6 Å². The molecule has 0 fully saturated rings. The topological polar surface area (TPSA) is 103 Å². The van der Waals surface area contributed by atoms with Crippen LogP contribution in [-0.4, -0.2) is 16.2 Å². The number of nitriles is 1. The maximum Gasteiger partial charge on any atom is 0.270 e. The van der Waals surface area contributed by atoms with Gasteiger partial charge in [0.05, 0.1) is 11.9 Å². The third-order valence-electron chi connectivity index (χ3n) is 4.69. The first-order valence-electron chi connectivity index (χ1n) is 9.99. The van der Waals surface area contributed by atoms with E-state index in [1.807, 2.05) is 72.8 Å². The second-order valence-electron chi connectivity index (χ2n) is 6.94. The average molecular weight is 456 g/mol. The maximum atomic E-state index is 12.3. The molecule has 0 aliphatic heterocycles. The molecule has 162 valence electrons. The molecule has 0 atom stereocenters. The number of ether oxygens (including phenoxy) is 1. The van der Waals surface area contributed by atoms with Gasteiger partial charge in [-0.2, -0.15) is 10.4 Å². The Bertz CT molecular complexity index is 1380. The number of hydrogen-bond acceptors (Lipinski definition) is 6. The number of nitrogens with zero attached hydrogens (tertiary/aromatic N) is 3. The Morgan fingerprint density at radius 1 is 1.06 bits per heavy atom. The molecule has 0 saturated carbocycles. The second kappa shape index (κ2) is 10.3. The molecule has 4 aromatic rings. The summed E-state index contributed by atoms with van der Waals surface area (Å²) < 4.78 is 5.77. The van der Waals surface area contributed by atoms with Crippen LogP contribution in [0.1, 0.15) is 16.7 Å². The Morgan fingerprint density at radius 2 is 1.79 bits per heavy atom. The summed E-state index contributed by atoms with van der Waals surface area (Å²) in [6.07, 6.45) is 1.58. The van der Waals surface area contributed by atoms with Crippen molar-refractivity contribution in [1.82, 2.24) is 9.97 Å². The van der Waals surface area contributed by atoms with E-state index in [9.17, 15) is 10.1 Å². The lowest BCUT2D eigenvalue weighted by molar-refractivity contribution is 0.306. The summed E-state index contributed by atoms with van der Waals surface area (Å²) >= 11 is 6.15. The number of H-pyrrole nitrogens is 1. The van der Waals surface area contributed by atoms with E-state index in [1.54, 1.807) is 18.3 Å². The van der Waals surface area contributed by atoms with Crippen LogP contribution in [0, 0.1) is 11.3 Å². The normalized spacial score (nSPS) is 10.7. The number of hydrogen-bond donors (Lipinski definition) is 2. The molecule has 4 rings (SSSR count). The quantitative estimate of drug-likeness (QED) is 0.302. The van der Waals surface area contributed by atoms with Crippen LogP contribution < -0.4 is 15.7 Å². The van der Waals surface area contributed by atoms with E-state index in [-0.39, 0.29) is 11.5 Å². The third-order valence-corrected chi connectivity index (χ3v) is 5.06. The van der Waals surface area contributed by atoms with Gasteiger partial charge < -0.3 is 4.74 Å². The van der Waals surface area contributed by atoms with Crippen LogP contribution in [0.2, 0.25) is 5.02 Å². The summed E-state index contributed by atoms with van der Waals surface area (Å²) in [7, 11) is 0. The summed E-state index contributed by atoms with van der Waals surface area (Å²) in [5.41, 5.74) is 4.80. The minimum absolute atomic E-state index is 0.0527. The van der Waals surface area contributed by atoms with E-state index < -0.39 is 5.56 Å². The van der Waals surface area contributed by atoms with Crippen molar-refractivity contribution in [2.75, 3.05) is 5.43 Å². The first-order valence-corrected chi connectivity index (χ1v) is 10.4. The van der Waals surface area contributed by atoms with Crippen LogP contribution in [0.25, 0.3) is 11.3 Å². The van der Waals surface area contributed by atoms with Gasteiger partial charge in [0, 0.05) is 16.1 Å². The number of benzene rings is 3. The van der Waals surface area contributed by atoms with E-state index in [4.69, 9.17) is 16.3 Å². The zero-order valence-corrected chi connectivity index (χ0v) is 18.1. The molecule has 0 aliphatic carbocycles. The highest BCUT2D eigenvalue weighted by Gasteiger charge is 2.12. The van der Waals surface area contributed by atoms with Gasteiger partial charge in [0.2, 0.25) is 5.95 Å². The molecule has 3 aromatic carbocycles. The molecule has 7 nitrogen and oxygen atoms in total. The fraction of sp³-hybridized carbons (Fsp3) is 0.0400. The number of hydrazone groups is 1. The molecule has 0 saturated heterocycles. The van der Waals surface area contributed by atoms with Crippen molar-refractivity contribution >= 4 is 23.8 Å². The molecule has 0 amide bonds. The summed E-state index contributed by atoms with van der Waals surface area (Å²) in [5.74, 6) is 0.833. The van der Waals surface area contributed by atoms with Gasteiger partial charge in [-0.15, -0.1) is 0 Å². The van der Waals surface area contributed by atoms with Gasteiger partial charge >= 0.3 is 0 Å². The van der Waals surface area contributed by atoms with Crippen molar-refractivity contribution in [2.45, 2.75) is 6.61 Å². The van der Waals surface area contributed by atoms with Crippen LogP contribution in [0.5, 0.6) is 5.75 Å². The van der Waals surface area contributed by atoms with Crippen molar-refractivity contribution in [3.8, 4) is 23.1 Å². The summed E-state index contributed by atoms with van der Waals surface area (Å²) in [5, 5.41) is 14.1. The third kappa shape index (κ3) is 5.45. The highest BCUT2D eigenvalue weighted by molar-refractivity contribution is 6.31. The maximum absolute atomic E-state index is 12.3. The summed E-state index contributed by atoms with van der Waals surface area (Å²) in [4.78, 5) is 19.2. The molecule has 1 heterocycles. The van der Waals surface area contributed by atoms with Crippen molar-refractivity contribution in [1.29, 1.82) is 5.26 Å². The molecule has 0 spiro atoms. The highest BCUT2D eigenvalue weighted by Crippen LogP contribution is 2.20. The number of aromatic nitrogens is 2. The van der Waals surface area contributed by atoms with Crippen molar-refractivity contribution in [3.05, 3.63) is 111 Å². The number of halogens is 1. The fourth-order valence-electron chi connectivity index (χ4n) is 3.03. The fourth-order valence-corrected chi connectivity index (χ4v) is 3.22. The Morgan fingerprint density at radius 3 is 2.52 bits per heavy atom. The standard InChI is InChI=1S/C25H18ClN5O2/c26-22-9-5-4-8-19(22)16-33-20-12-10-17(11-13-20)15-28-31-25-29-23(18-6-2-1-3-7-18)21(14-27)24(32)30-25/h1-13,15H,16H2,(H2,29,30,31,32). The van der Waals surface area contributed by atoms with Crippen LogP contribution >= 0.6 is 11.6 Å². The largest absolute Gasteiger partial charge is 0.489 e. The zero-order chi connectivity index (χ0) is 23.0. The van der Waals surface area contributed by atoms with E-state index in [2.05, 4.69) is 20.5 Å². The zero-order valence-electron chi connectivity index (χ0n) is 17.3. The predicted molar refractivity (Wildman–Crippen MR) is 128 cm³/mol. The molecule has 1 aromatic heterocycles. The minimum atomic E-state index is -0.538. The Hall–Kier alpha value is -4.41. The molecule has 0 unspecified atom stereocenters. The lowest BCUT2D eigenvalue weighted by atomic mass is 10.1. The van der Waals surface area contributed by atoms with Gasteiger partial charge in [0.15, 0.2) is 0 Å². The van der Waals surface area contributed by atoms with Crippen molar-refractivity contribution in [3.63, 3.8) is 0 Å². The SMILES string of the molecule is N#Cc1c(-c2ccccc2)nc(NN=Cc2ccc(OCc3ccccc3Cl)cc2)[nH]c1=O. The first kappa shape index (κ1) is 21.8. The average Bonchev–Trinajstić information content (AvgIpc) is 2.84. The Labute approximate surface area is 195 Å². The van der Waals surface area contributed by atoms with Crippen LogP contribution in [0.3, 0.4) is 0 Å². The molecule has 8 heteroatoms. The van der Waals surface area contributed by atoms with E-state index in [1.165, 1.54) is 0 Å². The monoisotopic (exact) mass is 455 g/mol. The van der Waals surface area contributed by atoms with Crippen molar-refractivity contribution in [2.24, 2.45) is 5.10 Å². The van der Waals surface area contributed by atoms with Crippen molar-refractivity contribution < 1.29 is 4.74 Å². The second-order valence-corrected chi connectivity index (χ2v) is 7.34. The summed E-state index contributed by atoms with van der Waals surface area (Å²) in [6, 6.07) is 25.8. The smallest absolute Gasteiger partial charge is 0.270 e. The number of nitrogens with one attached hydrogen (secondary N) is 2. The molecule has 33 heavy (non-hydrogen) atoms. The number of rotatable bonds is 7. The van der Waals surface area contributed by atoms with Gasteiger partial charge in [-0.3, -0.25) is 9.78 Å². The minimum Gasteiger partial charge on any atom is -0.489 e. The van der Waals surface area contributed by atoms with Gasteiger partial charge in [-0.05, 0) is 35.9 Å². The highest BCUT2D eigenvalue weighted by atomic mass is 35.5. The van der Waals surface area contributed by atoms with Crippen LogP contribution in [-0.2, 0) is 6.61 Å². The molecular formula is C25H18ClN5O2. The number of aromatic amines is 1. The van der Waals surface area contributed by atoms with E-state index >= 15 is 0 Å². The van der Waals surface area contributed by atoms with Gasteiger partial charge in [-0.1, -0.05) is 60.1 Å². The van der Waals surface area contributed by atoms with E-state index in [0.717, 1.165) is 11.1 Å². The van der Waals surface area contributed by atoms with Gasteiger partial charge in [-0.25, -0.2) is 10.4 Å². The molecular weight excluding hydrogens is 438 g/mol. The van der Waals surface area contributed by atoms with Gasteiger partial charge in [0.25, 0.3) is 5.56 Å². The Balaban J connectivity index is 1.43. The van der Waals surface area contributed by atoms with Crippen LogP contribution in [0.4, 0.5) is 5.95 Å². The first-order chi connectivity index (χ1) is 16.1.